The maximum absolute atomic E-state index is 13.6. The van der Waals surface area contributed by atoms with Crippen LogP contribution in [0, 0.1) is 5.82 Å². The third-order valence-electron chi connectivity index (χ3n) is 4.15. The Hall–Kier alpha value is -1.98. The lowest BCUT2D eigenvalue weighted by Gasteiger charge is -2.30. The molecule has 0 aliphatic carbocycles. The molecule has 1 saturated heterocycles. The number of fused-ring (bicyclic) bond motifs is 1. The van der Waals surface area contributed by atoms with Gasteiger partial charge in [0, 0.05) is 53.1 Å². The predicted molar refractivity (Wildman–Crippen MR) is 93.9 cm³/mol. The van der Waals surface area contributed by atoms with E-state index in [0.29, 0.717) is 0 Å². The van der Waals surface area contributed by atoms with Crippen molar-refractivity contribution < 1.29 is 4.39 Å². The number of anilines is 1. The summed E-state index contributed by atoms with van der Waals surface area (Å²) < 4.78 is 13.6. The van der Waals surface area contributed by atoms with E-state index in [1.54, 1.807) is 23.9 Å². The molecule has 0 unspecified atom stereocenters. The summed E-state index contributed by atoms with van der Waals surface area (Å²) in [6.07, 6.45) is 1.96. The van der Waals surface area contributed by atoms with Crippen LogP contribution in [0.2, 0.25) is 0 Å². The molecule has 0 saturated carbocycles. The smallest absolute Gasteiger partial charge is 0.123 e. The molecule has 1 aliphatic heterocycles. The Morgan fingerprint density at radius 1 is 1.00 bits per heavy atom. The molecule has 1 aromatic heterocycles. The predicted octanol–water partition coefficient (Wildman–Crippen LogP) is 3.87. The van der Waals surface area contributed by atoms with Crippen LogP contribution in [-0.2, 0) is 0 Å². The van der Waals surface area contributed by atoms with Crippen molar-refractivity contribution in [3.05, 3.63) is 54.5 Å². The highest BCUT2D eigenvalue weighted by Gasteiger charge is 2.15. The van der Waals surface area contributed by atoms with E-state index in [0.717, 1.165) is 42.0 Å². The molecule has 2 aromatic carbocycles. The lowest BCUT2D eigenvalue weighted by Crippen LogP contribution is -2.43. The van der Waals surface area contributed by atoms with E-state index in [1.165, 1.54) is 16.6 Å². The summed E-state index contributed by atoms with van der Waals surface area (Å²) in [5, 5.41) is 4.32. The fraction of sp³-hybridized carbons (Fsp3) is 0.222. The van der Waals surface area contributed by atoms with Crippen LogP contribution < -0.4 is 10.2 Å². The molecule has 0 radical (unpaired) electrons. The number of benzene rings is 2. The quantitative estimate of drug-likeness (QED) is 0.766. The lowest BCUT2D eigenvalue weighted by atomic mass is 10.2. The van der Waals surface area contributed by atoms with Crippen LogP contribution in [0.1, 0.15) is 0 Å². The van der Waals surface area contributed by atoms with Gasteiger partial charge in [0.2, 0.25) is 0 Å². The highest BCUT2D eigenvalue weighted by molar-refractivity contribution is 7.99. The van der Waals surface area contributed by atoms with Gasteiger partial charge in [-0.25, -0.2) is 4.39 Å². The van der Waals surface area contributed by atoms with Crippen LogP contribution in [0.4, 0.5) is 10.1 Å². The number of para-hydroxylation sites is 1. The Morgan fingerprint density at radius 2 is 1.83 bits per heavy atom. The van der Waals surface area contributed by atoms with Crippen molar-refractivity contribution in [2.75, 3.05) is 31.1 Å². The van der Waals surface area contributed by atoms with E-state index in [4.69, 9.17) is 0 Å². The monoisotopic (exact) mass is 327 g/mol. The molecule has 3 aromatic rings. The second-order valence-electron chi connectivity index (χ2n) is 5.65. The highest BCUT2D eigenvalue weighted by atomic mass is 32.2. The first kappa shape index (κ1) is 14.6. The zero-order valence-corrected chi connectivity index (χ0v) is 13.5. The van der Waals surface area contributed by atoms with Gasteiger partial charge in [-0.05, 0) is 30.3 Å². The summed E-state index contributed by atoms with van der Waals surface area (Å²) in [6.45, 7) is 4.05. The van der Waals surface area contributed by atoms with E-state index in [9.17, 15) is 4.39 Å². The minimum absolute atomic E-state index is 0.200. The van der Waals surface area contributed by atoms with Crippen LogP contribution in [0.15, 0.2) is 58.5 Å². The van der Waals surface area contributed by atoms with E-state index >= 15 is 0 Å². The van der Waals surface area contributed by atoms with Crippen molar-refractivity contribution in [1.82, 2.24) is 10.3 Å². The first-order valence-corrected chi connectivity index (χ1v) is 8.62. The average Bonchev–Trinajstić information content (AvgIpc) is 2.98. The van der Waals surface area contributed by atoms with Crippen LogP contribution in [0.5, 0.6) is 0 Å². The molecule has 2 heterocycles. The summed E-state index contributed by atoms with van der Waals surface area (Å²) in [5.74, 6) is -0.200. The minimum Gasteiger partial charge on any atom is -0.368 e. The number of aromatic nitrogens is 1. The standard InChI is InChI=1S/C18H18FN3S/c19-13-5-6-15-14(11-13)18(12-21-15)23-17-4-2-1-3-16(17)22-9-7-20-8-10-22/h1-6,11-12,20-21H,7-10H2. The molecule has 0 bridgehead atoms. The van der Waals surface area contributed by atoms with Gasteiger partial charge in [0.1, 0.15) is 5.82 Å². The third-order valence-corrected chi connectivity index (χ3v) is 5.27. The average molecular weight is 327 g/mol. The molecule has 5 heteroatoms. The van der Waals surface area contributed by atoms with Gasteiger partial charge in [-0.3, -0.25) is 0 Å². The zero-order chi connectivity index (χ0) is 15.6. The second-order valence-corrected chi connectivity index (χ2v) is 6.73. The Kier molecular flexibility index (Phi) is 3.97. The van der Waals surface area contributed by atoms with Gasteiger partial charge < -0.3 is 15.2 Å². The number of hydrogen-bond donors (Lipinski definition) is 2. The molecule has 1 fully saturated rings. The van der Waals surface area contributed by atoms with Gasteiger partial charge in [0.15, 0.2) is 0 Å². The summed E-state index contributed by atoms with van der Waals surface area (Å²) in [7, 11) is 0. The Morgan fingerprint density at radius 3 is 2.70 bits per heavy atom. The number of halogens is 1. The largest absolute Gasteiger partial charge is 0.368 e. The number of nitrogens with one attached hydrogen (secondary N) is 2. The number of aromatic amines is 1. The number of rotatable bonds is 3. The Bertz CT molecular complexity index is 824. The number of piperazine rings is 1. The molecule has 1 aliphatic rings. The van der Waals surface area contributed by atoms with E-state index in [-0.39, 0.29) is 5.82 Å². The number of H-pyrrole nitrogens is 1. The van der Waals surface area contributed by atoms with Gasteiger partial charge in [0.05, 0.1) is 5.69 Å². The first-order valence-electron chi connectivity index (χ1n) is 7.80. The molecule has 0 amide bonds. The Labute approximate surface area is 138 Å². The van der Waals surface area contributed by atoms with Crippen molar-refractivity contribution in [2.45, 2.75) is 9.79 Å². The number of nitrogens with zero attached hydrogens (tertiary/aromatic N) is 1. The summed E-state index contributed by atoms with van der Waals surface area (Å²) in [5.41, 5.74) is 2.22. The molecule has 2 N–H and O–H groups in total. The molecular weight excluding hydrogens is 309 g/mol. The fourth-order valence-corrected chi connectivity index (χ4v) is 4.06. The van der Waals surface area contributed by atoms with Crippen LogP contribution >= 0.6 is 11.8 Å². The Balaban J connectivity index is 1.69. The van der Waals surface area contributed by atoms with Crippen molar-refractivity contribution in [1.29, 1.82) is 0 Å². The molecule has 23 heavy (non-hydrogen) atoms. The van der Waals surface area contributed by atoms with Crippen LogP contribution in [0.25, 0.3) is 10.9 Å². The third kappa shape index (κ3) is 2.94. The SMILES string of the molecule is Fc1ccc2[nH]cc(Sc3ccccc3N3CCNCC3)c2c1. The van der Waals surface area contributed by atoms with E-state index < -0.39 is 0 Å². The summed E-state index contributed by atoms with van der Waals surface area (Å²) in [6, 6.07) is 13.3. The van der Waals surface area contributed by atoms with Gasteiger partial charge in [0.25, 0.3) is 0 Å². The first-order chi connectivity index (χ1) is 11.3. The van der Waals surface area contributed by atoms with Crippen LogP contribution in [-0.4, -0.2) is 31.2 Å². The van der Waals surface area contributed by atoms with E-state index in [1.807, 2.05) is 6.20 Å². The highest BCUT2D eigenvalue weighted by Crippen LogP contribution is 2.38. The zero-order valence-electron chi connectivity index (χ0n) is 12.7. The van der Waals surface area contributed by atoms with Gasteiger partial charge in [-0.15, -0.1) is 0 Å². The van der Waals surface area contributed by atoms with Crippen LogP contribution in [0.3, 0.4) is 0 Å². The molecular formula is C18H18FN3S. The number of hydrogen-bond acceptors (Lipinski definition) is 3. The molecule has 118 valence electrons. The van der Waals surface area contributed by atoms with Gasteiger partial charge in [-0.1, -0.05) is 23.9 Å². The molecule has 4 rings (SSSR count). The topological polar surface area (TPSA) is 31.1 Å². The van der Waals surface area contributed by atoms with Gasteiger partial charge in [-0.2, -0.15) is 0 Å². The lowest BCUT2D eigenvalue weighted by molar-refractivity contribution is 0.587. The summed E-state index contributed by atoms with van der Waals surface area (Å²) in [4.78, 5) is 7.90. The summed E-state index contributed by atoms with van der Waals surface area (Å²) >= 11 is 1.69. The molecule has 0 atom stereocenters. The normalized spacial score (nSPS) is 15.3. The van der Waals surface area contributed by atoms with Crippen molar-refractivity contribution in [3.8, 4) is 0 Å². The maximum Gasteiger partial charge on any atom is 0.123 e. The second kappa shape index (κ2) is 6.26. The van der Waals surface area contributed by atoms with E-state index in [2.05, 4.69) is 39.5 Å². The van der Waals surface area contributed by atoms with Crippen molar-refractivity contribution in [3.63, 3.8) is 0 Å². The maximum atomic E-state index is 13.6. The molecule has 0 spiro atoms. The van der Waals surface area contributed by atoms with Crippen molar-refractivity contribution >= 4 is 28.4 Å². The fourth-order valence-electron chi connectivity index (χ4n) is 2.98. The van der Waals surface area contributed by atoms with Crippen molar-refractivity contribution in [2.24, 2.45) is 0 Å². The minimum atomic E-state index is -0.200. The molecule has 3 nitrogen and oxygen atoms in total. The van der Waals surface area contributed by atoms with Gasteiger partial charge >= 0.3 is 0 Å².